The van der Waals surface area contributed by atoms with Gasteiger partial charge in [0, 0.05) is 24.2 Å². The fourth-order valence-electron chi connectivity index (χ4n) is 4.81. The zero-order valence-corrected chi connectivity index (χ0v) is 17.6. The smallest absolute Gasteiger partial charge is 0.123 e. The van der Waals surface area contributed by atoms with Crippen LogP contribution in [0, 0.1) is 0 Å². The van der Waals surface area contributed by atoms with Gasteiger partial charge < -0.3 is 15.4 Å². The topological polar surface area (TPSA) is 33.3 Å². The molecule has 1 heterocycles. The van der Waals surface area contributed by atoms with E-state index < -0.39 is 0 Å². The van der Waals surface area contributed by atoms with Gasteiger partial charge in [0.1, 0.15) is 5.75 Å². The van der Waals surface area contributed by atoms with Crippen molar-refractivity contribution >= 4 is 12.4 Å². The van der Waals surface area contributed by atoms with Crippen molar-refractivity contribution in [2.75, 3.05) is 13.7 Å². The minimum Gasteiger partial charge on any atom is -0.496 e. The van der Waals surface area contributed by atoms with Gasteiger partial charge >= 0.3 is 0 Å². The first-order valence-corrected chi connectivity index (χ1v) is 10.5. The van der Waals surface area contributed by atoms with Gasteiger partial charge in [-0.25, -0.2) is 0 Å². The third-order valence-corrected chi connectivity index (χ3v) is 6.30. The monoisotopic (exact) mass is 400 g/mol. The van der Waals surface area contributed by atoms with Crippen molar-refractivity contribution in [1.29, 1.82) is 0 Å². The zero-order chi connectivity index (χ0) is 18.5. The summed E-state index contributed by atoms with van der Waals surface area (Å²) in [6.45, 7) is 1.96. The first-order valence-electron chi connectivity index (χ1n) is 10.5. The molecule has 2 unspecified atom stereocenters. The van der Waals surface area contributed by atoms with E-state index in [1.54, 1.807) is 7.11 Å². The average Bonchev–Trinajstić information content (AvgIpc) is 3.28. The zero-order valence-electron chi connectivity index (χ0n) is 16.8. The minimum atomic E-state index is 0. The van der Waals surface area contributed by atoms with Crippen LogP contribution in [-0.4, -0.2) is 19.7 Å². The molecule has 4 rings (SSSR count). The predicted molar refractivity (Wildman–Crippen MR) is 118 cm³/mol. The second kappa shape index (κ2) is 10.3. The molecule has 0 bridgehead atoms. The van der Waals surface area contributed by atoms with Crippen molar-refractivity contribution in [3.8, 4) is 5.75 Å². The van der Waals surface area contributed by atoms with Crippen LogP contribution in [-0.2, 0) is 6.54 Å². The van der Waals surface area contributed by atoms with E-state index in [0.29, 0.717) is 12.1 Å². The molecule has 2 aromatic rings. The quantitative estimate of drug-likeness (QED) is 0.684. The van der Waals surface area contributed by atoms with Gasteiger partial charge in [-0.1, -0.05) is 55.3 Å². The number of methoxy groups -OCH3 is 1. The van der Waals surface area contributed by atoms with E-state index in [4.69, 9.17) is 4.74 Å². The largest absolute Gasteiger partial charge is 0.496 e. The molecule has 2 aromatic carbocycles. The van der Waals surface area contributed by atoms with Crippen LogP contribution < -0.4 is 15.4 Å². The number of ether oxygens (including phenoxy) is 1. The van der Waals surface area contributed by atoms with Gasteiger partial charge in [-0.2, -0.15) is 0 Å². The second-order valence-corrected chi connectivity index (χ2v) is 8.02. The summed E-state index contributed by atoms with van der Waals surface area (Å²) in [7, 11) is 1.78. The van der Waals surface area contributed by atoms with Crippen LogP contribution in [0.5, 0.6) is 5.75 Å². The molecule has 2 atom stereocenters. The van der Waals surface area contributed by atoms with E-state index in [9.17, 15) is 0 Å². The van der Waals surface area contributed by atoms with Gasteiger partial charge in [0.25, 0.3) is 0 Å². The van der Waals surface area contributed by atoms with E-state index in [0.717, 1.165) is 24.8 Å². The highest BCUT2D eigenvalue weighted by Crippen LogP contribution is 2.36. The number of halogens is 1. The third kappa shape index (κ3) is 4.89. The Morgan fingerprint density at radius 2 is 1.75 bits per heavy atom. The van der Waals surface area contributed by atoms with Crippen LogP contribution in [0.1, 0.15) is 67.2 Å². The highest BCUT2D eigenvalue weighted by atomic mass is 35.5. The Balaban J connectivity index is 0.00000225. The van der Waals surface area contributed by atoms with Crippen LogP contribution in [0.25, 0.3) is 0 Å². The van der Waals surface area contributed by atoms with Gasteiger partial charge in [-0.05, 0) is 55.3 Å². The van der Waals surface area contributed by atoms with Gasteiger partial charge in [-0.15, -0.1) is 12.4 Å². The predicted octanol–water partition coefficient (Wildman–Crippen LogP) is 5.36. The Labute approximate surface area is 175 Å². The average molecular weight is 401 g/mol. The summed E-state index contributed by atoms with van der Waals surface area (Å²) in [6.07, 6.45) is 7.84. The summed E-state index contributed by atoms with van der Waals surface area (Å²) in [5, 5.41) is 7.55. The molecule has 0 spiro atoms. The Morgan fingerprint density at radius 1 is 0.964 bits per heavy atom. The lowest BCUT2D eigenvalue weighted by Crippen LogP contribution is -2.45. The molecule has 0 amide bonds. The van der Waals surface area contributed by atoms with Gasteiger partial charge in [0.15, 0.2) is 0 Å². The Kier molecular flexibility index (Phi) is 7.78. The number of nitrogens with one attached hydrogen (secondary N) is 2. The molecule has 1 aliphatic heterocycles. The summed E-state index contributed by atoms with van der Waals surface area (Å²) >= 11 is 0. The van der Waals surface area contributed by atoms with E-state index in [-0.39, 0.29) is 12.4 Å². The van der Waals surface area contributed by atoms with E-state index in [1.807, 2.05) is 0 Å². The van der Waals surface area contributed by atoms with Crippen molar-refractivity contribution in [3.63, 3.8) is 0 Å². The second-order valence-electron chi connectivity index (χ2n) is 8.02. The van der Waals surface area contributed by atoms with Gasteiger partial charge in [0.2, 0.25) is 0 Å². The molecule has 28 heavy (non-hydrogen) atoms. The van der Waals surface area contributed by atoms with Crippen molar-refractivity contribution in [2.24, 2.45) is 0 Å². The van der Waals surface area contributed by atoms with Crippen LogP contribution in [0.3, 0.4) is 0 Å². The molecule has 152 valence electrons. The normalized spacial score (nSPS) is 22.6. The maximum Gasteiger partial charge on any atom is 0.123 e. The molecule has 0 aromatic heterocycles. The highest BCUT2D eigenvalue weighted by molar-refractivity contribution is 5.85. The molecule has 4 heteroatoms. The number of benzene rings is 2. The lowest BCUT2D eigenvalue weighted by atomic mass is 9.91. The SMILES string of the molecule is COc1ccc(C2CCCC2)cc1CNC1CCCNC1c1ccccc1.Cl. The fraction of sp³-hybridized carbons (Fsp3) is 0.500. The van der Waals surface area contributed by atoms with Crippen molar-refractivity contribution in [3.05, 3.63) is 65.2 Å². The van der Waals surface area contributed by atoms with E-state index >= 15 is 0 Å². The molecule has 2 N–H and O–H groups in total. The van der Waals surface area contributed by atoms with Crippen LogP contribution in [0.15, 0.2) is 48.5 Å². The molecule has 3 nitrogen and oxygen atoms in total. The molecule has 0 radical (unpaired) electrons. The van der Waals surface area contributed by atoms with E-state index in [2.05, 4.69) is 59.2 Å². The van der Waals surface area contributed by atoms with Gasteiger partial charge in [0.05, 0.1) is 7.11 Å². The first-order chi connectivity index (χ1) is 13.3. The molecule has 2 fully saturated rings. The van der Waals surface area contributed by atoms with Gasteiger partial charge in [-0.3, -0.25) is 0 Å². The Bertz CT molecular complexity index is 731. The minimum absolute atomic E-state index is 0. The van der Waals surface area contributed by atoms with Crippen molar-refractivity contribution < 1.29 is 4.74 Å². The lowest BCUT2D eigenvalue weighted by Gasteiger charge is -2.34. The number of rotatable bonds is 6. The highest BCUT2D eigenvalue weighted by Gasteiger charge is 2.26. The third-order valence-electron chi connectivity index (χ3n) is 6.30. The maximum absolute atomic E-state index is 5.66. The number of hydrogen-bond acceptors (Lipinski definition) is 3. The summed E-state index contributed by atoms with van der Waals surface area (Å²) in [6, 6.07) is 18.5. The standard InChI is InChI=1S/C24H32N2O.ClH/c1-27-23-14-13-20(18-8-5-6-9-18)16-21(23)17-26-22-12-7-15-25-24(22)19-10-3-2-4-11-19;/h2-4,10-11,13-14,16,18,22,24-26H,5-9,12,15,17H2,1H3;1H. The van der Waals surface area contributed by atoms with Crippen LogP contribution in [0.2, 0.25) is 0 Å². The van der Waals surface area contributed by atoms with Crippen molar-refractivity contribution in [1.82, 2.24) is 10.6 Å². The molecular formula is C24H33ClN2O. The Morgan fingerprint density at radius 3 is 2.50 bits per heavy atom. The fourth-order valence-corrected chi connectivity index (χ4v) is 4.81. The molecule has 2 aliphatic rings. The lowest BCUT2D eigenvalue weighted by molar-refractivity contribution is 0.303. The molecule has 1 saturated carbocycles. The summed E-state index contributed by atoms with van der Waals surface area (Å²) in [5.41, 5.74) is 4.16. The number of piperidine rings is 1. The van der Waals surface area contributed by atoms with Crippen molar-refractivity contribution in [2.45, 2.75) is 63.1 Å². The first kappa shape index (κ1) is 21.2. The summed E-state index contributed by atoms with van der Waals surface area (Å²) in [4.78, 5) is 0. The van der Waals surface area contributed by atoms with Crippen LogP contribution in [0.4, 0.5) is 0 Å². The number of hydrogen-bond donors (Lipinski definition) is 2. The Hall–Kier alpha value is -1.55. The molecule has 1 saturated heterocycles. The van der Waals surface area contributed by atoms with Crippen LogP contribution >= 0.6 is 12.4 Å². The molecule has 1 aliphatic carbocycles. The maximum atomic E-state index is 5.66. The summed E-state index contributed by atoms with van der Waals surface area (Å²) < 4.78 is 5.66. The molecular weight excluding hydrogens is 368 g/mol. The van der Waals surface area contributed by atoms with E-state index in [1.165, 1.54) is 55.2 Å². The summed E-state index contributed by atoms with van der Waals surface area (Å²) in [5.74, 6) is 1.74.